The minimum absolute atomic E-state index is 0.691. The highest BCUT2D eigenvalue weighted by molar-refractivity contribution is 9.10. The highest BCUT2D eigenvalue weighted by Crippen LogP contribution is 2.42. The fraction of sp³-hybridized carbons (Fsp3) is 0.143. The number of fused-ring (bicyclic) bond motifs is 1. The van der Waals surface area contributed by atoms with Crippen molar-refractivity contribution in [3.8, 4) is 11.1 Å². The molecule has 0 bridgehead atoms. The van der Waals surface area contributed by atoms with Crippen LogP contribution in [0, 0.1) is 20.8 Å². The molecule has 0 spiro atoms. The molecule has 0 radical (unpaired) electrons. The number of benzene rings is 2. The number of nitrogens with one attached hydrogen (secondary N) is 1. The predicted molar refractivity (Wildman–Crippen MR) is 119 cm³/mol. The van der Waals surface area contributed by atoms with Crippen LogP contribution in [-0.2, 0) is 0 Å². The number of hydrogen-bond donors (Lipinski definition) is 1. The first-order chi connectivity index (χ1) is 12.9. The lowest BCUT2D eigenvalue weighted by atomic mass is 10.0. The summed E-state index contributed by atoms with van der Waals surface area (Å²) >= 11 is 11.7. The summed E-state index contributed by atoms with van der Waals surface area (Å²) in [6.45, 7) is 6.21. The summed E-state index contributed by atoms with van der Waals surface area (Å²) in [6, 6.07) is 12.4. The standard InChI is InChI=1S/C21H17BrClN3S/c1-11-8-12(2)19(16(23)9-11)26-20-18-17(14-4-6-15(22)7-5-14)13(3)27-21(18)25-10-24-20/h4-10H,1-3H3,(H,24,25,26). The van der Waals surface area contributed by atoms with Gasteiger partial charge >= 0.3 is 0 Å². The molecule has 4 rings (SSSR count). The largest absolute Gasteiger partial charge is 0.338 e. The molecule has 27 heavy (non-hydrogen) atoms. The van der Waals surface area contributed by atoms with Crippen molar-refractivity contribution in [2.24, 2.45) is 0 Å². The van der Waals surface area contributed by atoms with E-state index in [0.29, 0.717) is 5.02 Å². The van der Waals surface area contributed by atoms with Crippen LogP contribution in [0.4, 0.5) is 11.5 Å². The highest BCUT2D eigenvalue weighted by atomic mass is 79.9. The molecule has 0 fully saturated rings. The molecule has 2 heterocycles. The summed E-state index contributed by atoms with van der Waals surface area (Å²) in [6.07, 6.45) is 1.60. The molecule has 6 heteroatoms. The van der Waals surface area contributed by atoms with Crippen LogP contribution < -0.4 is 5.32 Å². The van der Waals surface area contributed by atoms with Crippen LogP contribution in [0.25, 0.3) is 21.3 Å². The average molecular weight is 459 g/mol. The number of anilines is 2. The summed E-state index contributed by atoms with van der Waals surface area (Å²) in [5.74, 6) is 0.774. The highest BCUT2D eigenvalue weighted by Gasteiger charge is 2.18. The summed E-state index contributed by atoms with van der Waals surface area (Å²) in [7, 11) is 0. The van der Waals surface area contributed by atoms with Crippen LogP contribution >= 0.6 is 38.9 Å². The van der Waals surface area contributed by atoms with Gasteiger partial charge in [-0.1, -0.05) is 45.7 Å². The first-order valence-electron chi connectivity index (χ1n) is 8.48. The molecule has 0 saturated carbocycles. The molecule has 1 N–H and O–H groups in total. The predicted octanol–water partition coefficient (Wildman–Crippen LogP) is 7.44. The van der Waals surface area contributed by atoms with E-state index >= 15 is 0 Å². The van der Waals surface area contributed by atoms with E-state index in [1.807, 2.05) is 19.9 Å². The molecule has 0 aliphatic rings. The second-order valence-corrected chi connectivity index (χ2v) is 9.03. The number of hydrogen-bond acceptors (Lipinski definition) is 4. The Hall–Kier alpha value is -1.95. The van der Waals surface area contributed by atoms with Crippen LogP contribution in [0.5, 0.6) is 0 Å². The zero-order valence-corrected chi connectivity index (χ0v) is 18.3. The SMILES string of the molecule is Cc1cc(C)c(Nc2ncnc3sc(C)c(-c4ccc(Br)cc4)c23)c(Cl)c1. The lowest BCUT2D eigenvalue weighted by Crippen LogP contribution is -1.99. The minimum atomic E-state index is 0.691. The molecule has 0 saturated heterocycles. The number of aromatic nitrogens is 2. The van der Waals surface area contributed by atoms with E-state index in [1.54, 1.807) is 17.7 Å². The normalized spacial score (nSPS) is 11.1. The molecule has 136 valence electrons. The number of thiophene rings is 1. The maximum absolute atomic E-state index is 6.51. The van der Waals surface area contributed by atoms with Crippen molar-refractivity contribution in [2.45, 2.75) is 20.8 Å². The van der Waals surface area contributed by atoms with Gasteiger partial charge in [-0.15, -0.1) is 11.3 Å². The van der Waals surface area contributed by atoms with Gasteiger partial charge in [0.25, 0.3) is 0 Å². The zero-order chi connectivity index (χ0) is 19.1. The topological polar surface area (TPSA) is 37.8 Å². The van der Waals surface area contributed by atoms with E-state index in [-0.39, 0.29) is 0 Å². The van der Waals surface area contributed by atoms with Crippen LogP contribution in [0.3, 0.4) is 0 Å². The molecule has 0 unspecified atom stereocenters. The molecular weight excluding hydrogens is 442 g/mol. The Balaban J connectivity index is 1.91. The Morgan fingerprint density at radius 2 is 1.78 bits per heavy atom. The molecule has 3 nitrogen and oxygen atoms in total. The molecule has 0 aliphatic heterocycles. The molecule has 2 aromatic heterocycles. The summed E-state index contributed by atoms with van der Waals surface area (Å²) in [5.41, 5.74) is 5.41. The summed E-state index contributed by atoms with van der Waals surface area (Å²) in [4.78, 5) is 11.2. The number of halogens is 2. The lowest BCUT2D eigenvalue weighted by molar-refractivity contribution is 1.22. The van der Waals surface area contributed by atoms with Crippen LogP contribution in [0.15, 0.2) is 47.2 Å². The van der Waals surface area contributed by atoms with E-state index < -0.39 is 0 Å². The van der Waals surface area contributed by atoms with Crippen LogP contribution in [0.2, 0.25) is 5.02 Å². The van der Waals surface area contributed by atoms with Crippen molar-refractivity contribution in [2.75, 3.05) is 5.32 Å². The van der Waals surface area contributed by atoms with E-state index in [9.17, 15) is 0 Å². The van der Waals surface area contributed by atoms with Gasteiger partial charge in [-0.2, -0.15) is 0 Å². The molecule has 2 aromatic carbocycles. The van der Waals surface area contributed by atoms with Crippen molar-refractivity contribution >= 4 is 60.6 Å². The third-order valence-corrected chi connectivity index (χ3v) is 6.31. The maximum Gasteiger partial charge on any atom is 0.143 e. The van der Waals surface area contributed by atoms with Crippen LogP contribution in [0.1, 0.15) is 16.0 Å². The van der Waals surface area contributed by atoms with Gasteiger partial charge in [-0.3, -0.25) is 0 Å². The van der Waals surface area contributed by atoms with Gasteiger partial charge in [0.2, 0.25) is 0 Å². The third kappa shape index (κ3) is 3.47. The van der Waals surface area contributed by atoms with E-state index in [1.165, 1.54) is 4.88 Å². The second-order valence-electron chi connectivity index (χ2n) is 6.51. The minimum Gasteiger partial charge on any atom is -0.338 e. The smallest absolute Gasteiger partial charge is 0.143 e. The Morgan fingerprint density at radius 1 is 1.04 bits per heavy atom. The van der Waals surface area contributed by atoms with Crippen molar-refractivity contribution < 1.29 is 0 Å². The Morgan fingerprint density at radius 3 is 2.48 bits per heavy atom. The first kappa shape index (κ1) is 18.4. The van der Waals surface area contributed by atoms with Crippen molar-refractivity contribution in [3.05, 3.63) is 68.2 Å². The monoisotopic (exact) mass is 457 g/mol. The van der Waals surface area contributed by atoms with Crippen molar-refractivity contribution in [3.63, 3.8) is 0 Å². The second kappa shape index (κ2) is 7.23. The Labute approximate surface area is 175 Å². The van der Waals surface area contributed by atoms with E-state index in [4.69, 9.17) is 11.6 Å². The van der Waals surface area contributed by atoms with Gasteiger partial charge < -0.3 is 5.32 Å². The van der Waals surface area contributed by atoms with Crippen molar-refractivity contribution in [1.82, 2.24) is 9.97 Å². The number of aryl methyl sites for hydroxylation is 3. The van der Waals surface area contributed by atoms with Crippen LogP contribution in [-0.4, -0.2) is 9.97 Å². The Kier molecular flexibility index (Phi) is 4.93. The van der Waals surface area contributed by atoms with E-state index in [2.05, 4.69) is 68.5 Å². The molecular formula is C21H17BrClN3S. The first-order valence-corrected chi connectivity index (χ1v) is 10.5. The third-order valence-electron chi connectivity index (χ3n) is 4.47. The fourth-order valence-electron chi connectivity index (χ4n) is 3.30. The van der Waals surface area contributed by atoms with Gasteiger partial charge in [-0.05, 0) is 55.7 Å². The molecule has 0 amide bonds. The zero-order valence-electron chi connectivity index (χ0n) is 15.1. The molecule has 0 atom stereocenters. The molecule has 4 aromatic rings. The average Bonchev–Trinajstić information content (AvgIpc) is 2.95. The van der Waals surface area contributed by atoms with Gasteiger partial charge in [0.15, 0.2) is 0 Å². The Bertz CT molecular complexity index is 1130. The quantitative estimate of drug-likeness (QED) is 0.346. The van der Waals surface area contributed by atoms with Crippen molar-refractivity contribution in [1.29, 1.82) is 0 Å². The lowest BCUT2D eigenvalue weighted by Gasteiger charge is -2.13. The van der Waals surface area contributed by atoms with Gasteiger partial charge in [0, 0.05) is 14.9 Å². The van der Waals surface area contributed by atoms with Gasteiger partial charge in [0.05, 0.1) is 16.1 Å². The maximum atomic E-state index is 6.51. The van der Waals surface area contributed by atoms with Gasteiger partial charge in [-0.25, -0.2) is 9.97 Å². The summed E-state index contributed by atoms with van der Waals surface area (Å²) < 4.78 is 1.06. The number of rotatable bonds is 3. The van der Waals surface area contributed by atoms with E-state index in [0.717, 1.165) is 48.4 Å². The summed E-state index contributed by atoms with van der Waals surface area (Å²) in [5, 5.41) is 5.18. The fourth-order valence-corrected chi connectivity index (χ4v) is 4.94. The molecule has 0 aliphatic carbocycles. The number of nitrogens with zero attached hydrogens (tertiary/aromatic N) is 2. The van der Waals surface area contributed by atoms with Gasteiger partial charge in [0.1, 0.15) is 17.0 Å².